The summed E-state index contributed by atoms with van der Waals surface area (Å²) in [5.74, 6) is -0.842. The molecule has 2 heterocycles. The van der Waals surface area contributed by atoms with Crippen molar-refractivity contribution < 1.29 is 27.8 Å². The van der Waals surface area contributed by atoms with Crippen LogP contribution in [0.3, 0.4) is 0 Å². The lowest BCUT2D eigenvalue weighted by atomic mass is 9.93. The summed E-state index contributed by atoms with van der Waals surface area (Å²) in [4.78, 5) is 22.0. The maximum absolute atomic E-state index is 15.0. The first-order valence-corrected chi connectivity index (χ1v) is 11.3. The average molecular weight is 464 g/mol. The van der Waals surface area contributed by atoms with Crippen LogP contribution in [0.15, 0.2) is 18.2 Å². The van der Waals surface area contributed by atoms with Crippen molar-refractivity contribution in [3.05, 3.63) is 35.5 Å². The van der Waals surface area contributed by atoms with E-state index in [1.165, 1.54) is 12.1 Å². The molecule has 0 saturated carbocycles. The molecule has 1 saturated heterocycles. The Morgan fingerprint density at radius 3 is 2.45 bits per heavy atom. The highest BCUT2D eigenvalue weighted by Crippen LogP contribution is 2.32. The molecule has 0 aliphatic carbocycles. The van der Waals surface area contributed by atoms with E-state index in [-0.39, 0.29) is 29.0 Å². The fourth-order valence-corrected chi connectivity index (χ4v) is 3.94. The highest BCUT2D eigenvalue weighted by molar-refractivity contribution is 5.69. The van der Waals surface area contributed by atoms with Gasteiger partial charge in [0.15, 0.2) is 5.82 Å². The van der Waals surface area contributed by atoms with Gasteiger partial charge in [-0.25, -0.2) is 13.8 Å². The summed E-state index contributed by atoms with van der Waals surface area (Å²) in [5, 5.41) is 0. The minimum Gasteiger partial charge on any atom is -0.477 e. The van der Waals surface area contributed by atoms with E-state index < -0.39 is 11.6 Å². The third-order valence-corrected chi connectivity index (χ3v) is 5.54. The summed E-state index contributed by atoms with van der Waals surface area (Å²) >= 11 is 0. The van der Waals surface area contributed by atoms with E-state index in [1.54, 1.807) is 31.9 Å². The number of esters is 1. The number of aryl methyl sites for hydroxylation is 1. The Balaban J connectivity index is 1.71. The number of methoxy groups -OCH3 is 1. The zero-order valence-corrected chi connectivity index (χ0v) is 19.4. The lowest BCUT2D eigenvalue weighted by Crippen LogP contribution is -2.35. The molecular formula is C24H31F2N3O4. The zero-order valence-electron chi connectivity index (χ0n) is 19.4. The first-order valence-electron chi connectivity index (χ1n) is 11.3. The van der Waals surface area contributed by atoms with Crippen LogP contribution in [0.1, 0.15) is 38.3 Å². The SMILES string of the molecule is CCOC(=O)CC1CCN(c2c(F)cc(-c3nc(C)cc(OCCCOC)n3)cc2F)CC1. The molecule has 1 fully saturated rings. The molecule has 33 heavy (non-hydrogen) atoms. The van der Waals surface area contributed by atoms with Crippen molar-refractivity contribution in [2.75, 3.05) is 44.9 Å². The van der Waals surface area contributed by atoms with Crippen LogP contribution in [-0.4, -0.2) is 56.0 Å². The Morgan fingerprint density at radius 2 is 1.82 bits per heavy atom. The minimum absolute atomic E-state index is 0.0583. The molecule has 180 valence electrons. The van der Waals surface area contributed by atoms with Crippen LogP contribution in [0.2, 0.25) is 0 Å². The highest BCUT2D eigenvalue weighted by atomic mass is 19.1. The molecule has 0 atom stereocenters. The molecular weight excluding hydrogens is 432 g/mol. The summed E-state index contributed by atoms with van der Waals surface area (Å²) in [5.41, 5.74) is 0.823. The molecule has 0 amide bonds. The van der Waals surface area contributed by atoms with E-state index in [0.29, 0.717) is 70.2 Å². The molecule has 3 rings (SSSR count). The second kappa shape index (κ2) is 11.9. The smallest absolute Gasteiger partial charge is 0.306 e. The molecule has 0 N–H and O–H groups in total. The largest absolute Gasteiger partial charge is 0.477 e. The number of aromatic nitrogens is 2. The van der Waals surface area contributed by atoms with E-state index in [9.17, 15) is 4.79 Å². The fraction of sp³-hybridized carbons (Fsp3) is 0.542. The summed E-state index contributed by atoms with van der Waals surface area (Å²) in [6, 6.07) is 4.19. The molecule has 0 spiro atoms. The molecule has 1 aromatic carbocycles. The third-order valence-electron chi connectivity index (χ3n) is 5.54. The Labute approximate surface area is 193 Å². The van der Waals surface area contributed by atoms with Crippen molar-refractivity contribution in [1.82, 2.24) is 9.97 Å². The molecule has 2 aromatic rings. The Morgan fingerprint density at radius 1 is 1.12 bits per heavy atom. The van der Waals surface area contributed by atoms with Crippen LogP contribution in [-0.2, 0) is 14.3 Å². The van der Waals surface area contributed by atoms with Gasteiger partial charge >= 0.3 is 5.97 Å². The lowest BCUT2D eigenvalue weighted by Gasteiger charge is -2.33. The van der Waals surface area contributed by atoms with Crippen molar-refractivity contribution >= 4 is 11.7 Å². The van der Waals surface area contributed by atoms with Crippen LogP contribution in [0.25, 0.3) is 11.4 Å². The monoisotopic (exact) mass is 463 g/mol. The van der Waals surface area contributed by atoms with Crippen molar-refractivity contribution in [1.29, 1.82) is 0 Å². The van der Waals surface area contributed by atoms with E-state index >= 15 is 8.78 Å². The van der Waals surface area contributed by atoms with Gasteiger partial charge in [-0.05, 0) is 44.7 Å². The number of nitrogens with zero attached hydrogens (tertiary/aromatic N) is 3. The number of carbonyl (C=O) groups is 1. The van der Waals surface area contributed by atoms with Crippen molar-refractivity contribution in [3.63, 3.8) is 0 Å². The molecule has 1 aliphatic heterocycles. The quantitative estimate of drug-likeness (QED) is 0.384. The van der Waals surface area contributed by atoms with Gasteiger partial charge < -0.3 is 19.1 Å². The predicted octanol–water partition coefficient (Wildman–Crippen LogP) is 4.32. The first-order chi connectivity index (χ1) is 15.9. The molecule has 1 aliphatic rings. The van der Waals surface area contributed by atoms with Crippen molar-refractivity contribution in [2.45, 2.75) is 39.5 Å². The van der Waals surface area contributed by atoms with Gasteiger partial charge in [0.1, 0.15) is 17.3 Å². The molecule has 7 nitrogen and oxygen atoms in total. The van der Waals surface area contributed by atoms with Crippen LogP contribution in [0.5, 0.6) is 5.88 Å². The van der Waals surface area contributed by atoms with Crippen molar-refractivity contribution in [3.8, 4) is 17.3 Å². The Bertz CT molecular complexity index is 926. The number of rotatable bonds is 10. The van der Waals surface area contributed by atoms with Gasteiger partial charge in [0.2, 0.25) is 5.88 Å². The molecule has 9 heteroatoms. The zero-order chi connectivity index (χ0) is 23.8. The van der Waals surface area contributed by atoms with Crippen LogP contribution in [0.4, 0.5) is 14.5 Å². The maximum atomic E-state index is 15.0. The number of hydrogen-bond donors (Lipinski definition) is 0. The predicted molar refractivity (Wildman–Crippen MR) is 120 cm³/mol. The summed E-state index contributed by atoms with van der Waals surface area (Å²) in [6.45, 7) is 5.82. The average Bonchev–Trinajstić information content (AvgIpc) is 2.77. The Kier molecular flexibility index (Phi) is 8.94. The van der Waals surface area contributed by atoms with Crippen molar-refractivity contribution in [2.24, 2.45) is 5.92 Å². The number of anilines is 1. The van der Waals surface area contributed by atoms with Crippen LogP contribution in [0, 0.1) is 24.5 Å². The van der Waals surface area contributed by atoms with E-state index in [4.69, 9.17) is 14.2 Å². The van der Waals surface area contributed by atoms with E-state index in [0.717, 1.165) is 0 Å². The highest BCUT2D eigenvalue weighted by Gasteiger charge is 2.26. The molecule has 0 unspecified atom stereocenters. The summed E-state index contributed by atoms with van der Waals surface area (Å²) in [6.07, 6.45) is 2.38. The number of carbonyl (C=O) groups excluding carboxylic acids is 1. The number of piperidine rings is 1. The number of hydrogen-bond acceptors (Lipinski definition) is 7. The van der Waals surface area contributed by atoms with E-state index in [1.807, 2.05) is 0 Å². The normalized spacial score (nSPS) is 14.4. The van der Waals surface area contributed by atoms with Gasteiger partial charge in [0.25, 0.3) is 0 Å². The van der Waals surface area contributed by atoms with Gasteiger partial charge in [-0.3, -0.25) is 4.79 Å². The number of ether oxygens (including phenoxy) is 3. The maximum Gasteiger partial charge on any atom is 0.306 e. The van der Waals surface area contributed by atoms with Crippen LogP contribution < -0.4 is 9.64 Å². The summed E-state index contributed by atoms with van der Waals surface area (Å²) in [7, 11) is 1.62. The van der Waals surface area contributed by atoms with Gasteiger partial charge in [-0.1, -0.05) is 0 Å². The standard InChI is InChI=1S/C24H31F2N3O4/c1-4-32-22(30)13-17-6-8-29(9-7-17)23-19(25)14-18(15-20(23)26)24-27-16(2)12-21(28-24)33-11-5-10-31-3/h12,14-15,17H,4-11,13H2,1-3H3. The first kappa shape index (κ1) is 24.8. The molecule has 1 aromatic heterocycles. The third kappa shape index (κ3) is 6.83. The van der Waals surface area contributed by atoms with Gasteiger partial charge in [0.05, 0.1) is 13.2 Å². The molecule has 0 bridgehead atoms. The number of benzene rings is 1. The minimum atomic E-state index is -0.665. The van der Waals surface area contributed by atoms with Gasteiger partial charge in [-0.2, -0.15) is 4.98 Å². The van der Waals surface area contributed by atoms with Gasteiger partial charge in [-0.15, -0.1) is 0 Å². The lowest BCUT2D eigenvalue weighted by molar-refractivity contribution is -0.144. The second-order valence-electron chi connectivity index (χ2n) is 8.09. The Hall–Kier alpha value is -2.81. The fourth-order valence-electron chi connectivity index (χ4n) is 3.94. The topological polar surface area (TPSA) is 73.8 Å². The molecule has 0 radical (unpaired) electrons. The van der Waals surface area contributed by atoms with Gasteiger partial charge in [0, 0.05) is 57.0 Å². The summed E-state index contributed by atoms with van der Waals surface area (Å²) < 4.78 is 45.7. The van der Waals surface area contributed by atoms with E-state index in [2.05, 4.69) is 9.97 Å². The second-order valence-corrected chi connectivity index (χ2v) is 8.09. The number of halogens is 2. The van der Waals surface area contributed by atoms with Crippen LogP contribution >= 0.6 is 0 Å².